The number of anilines is 2. The maximum absolute atomic E-state index is 5.81. The van der Waals surface area contributed by atoms with Crippen LogP contribution >= 0.6 is 11.8 Å². The Labute approximate surface area is 291 Å². The number of unbranched alkanes of at least 4 members (excludes halogenated alkanes) is 1. The van der Waals surface area contributed by atoms with Crippen LogP contribution in [-0.4, -0.2) is 52.4 Å². The van der Waals surface area contributed by atoms with Crippen LogP contribution in [0.2, 0.25) is 0 Å². The van der Waals surface area contributed by atoms with E-state index in [1.807, 2.05) is 11.8 Å². The molecule has 0 aliphatic carbocycles. The summed E-state index contributed by atoms with van der Waals surface area (Å²) in [6, 6.07) is 37.4. The Hall–Kier alpha value is -4.26. The van der Waals surface area contributed by atoms with Crippen LogP contribution in [0.5, 0.6) is 5.75 Å². The Morgan fingerprint density at radius 3 is 2.40 bits per heavy atom. The van der Waals surface area contributed by atoms with Crippen molar-refractivity contribution in [2.45, 2.75) is 44.6 Å². The number of quaternary nitrogens is 1. The Morgan fingerprint density at radius 1 is 0.875 bits per heavy atom. The van der Waals surface area contributed by atoms with Crippen LogP contribution in [0.25, 0.3) is 22.7 Å². The number of aryl methyl sites for hydroxylation is 1. The normalized spacial score (nSPS) is 13.7. The van der Waals surface area contributed by atoms with Gasteiger partial charge >= 0.3 is 0 Å². The molecule has 0 saturated carbocycles. The molecule has 0 N–H and O–H groups in total. The molecule has 6 heteroatoms. The fourth-order valence-electron chi connectivity index (χ4n) is 6.82. The maximum Gasteiger partial charge on any atom is 0.282 e. The number of hydrogen-bond donors (Lipinski definition) is 0. The predicted molar refractivity (Wildman–Crippen MR) is 204 cm³/mol. The Bertz CT molecular complexity index is 1900. The molecular formula is C42H50N4OS+2. The molecule has 4 aromatic carbocycles. The second-order valence-corrected chi connectivity index (χ2v) is 14.7. The van der Waals surface area contributed by atoms with E-state index < -0.39 is 0 Å². The molecule has 0 radical (unpaired) electrons. The van der Waals surface area contributed by atoms with E-state index in [2.05, 4.69) is 159 Å². The summed E-state index contributed by atoms with van der Waals surface area (Å²) in [6.45, 7) is 8.58. The van der Waals surface area contributed by atoms with Crippen molar-refractivity contribution in [3.63, 3.8) is 0 Å². The van der Waals surface area contributed by atoms with Crippen molar-refractivity contribution >= 4 is 40.2 Å². The van der Waals surface area contributed by atoms with Gasteiger partial charge in [-0.3, -0.25) is 4.90 Å². The molecule has 1 aliphatic rings. The second-order valence-electron chi connectivity index (χ2n) is 13.6. The van der Waals surface area contributed by atoms with Crippen LogP contribution < -0.4 is 19.1 Å². The summed E-state index contributed by atoms with van der Waals surface area (Å²) in [5.41, 5.74) is 7.50. The van der Waals surface area contributed by atoms with Gasteiger partial charge in [0.1, 0.15) is 23.5 Å². The highest BCUT2D eigenvalue weighted by Gasteiger charge is 2.28. The number of fused-ring (bicyclic) bond motifs is 2. The fourth-order valence-corrected chi connectivity index (χ4v) is 7.92. The van der Waals surface area contributed by atoms with Crippen molar-refractivity contribution in [1.82, 2.24) is 0 Å². The zero-order valence-electron chi connectivity index (χ0n) is 29.4. The molecule has 48 heavy (non-hydrogen) atoms. The van der Waals surface area contributed by atoms with Gasteiger partial charge in [0.25, 0.3) is 5.82 Å². The van der Waals surface area contributed by atoms with Crippen molar-refractivity contribution in [2.24, 2.45) is 0 Å². The summed E-state index contributed by atoms with van der Waals surface area (Å²) in [6.07, 6.45) is 5.75. The third-order valence-corrected chi connectivity index (χ3v) is 10.5. The molecule has 6 rings (SSSR count). The molecule has 0 atom stereocenters. The SMILES string of the molecule is CCCCN(CCC[N+](C)(C)Cc1cccc(C)c1)c1cc(C=C2Sc3ccccc3N2C)c2ccc(OC)cc2[n+]1-c1ccccc1. The minimum absolute atomic E-state index is 0.859. The highest BCUT2D eigenvalue weighted by atomic mass is 32.2. The van der Waals surface area contributed by atoms with E-state index in [0.29, 0.717) is 0 Å². The van der Waals surface area contributed by atoms with Crippen molar-refractivity contribution in [2.75, 3.05) is 57.7 Å². The summed E-state index contributed by atoms with van der Waals surface area (Å²) >= 11 is 1.84. The summed E-state index contributed by atoms with van der Waals surface area (Å²) in [4.78, 5) is 6.24. The van der Waals surface area contributed by atoms with Crippen molar-refractivity contribution in [3.05, 3.63) is 125 Å². The molecule has 248 valence electrons. The minimum Gasteiger partial charge on any atom is -0.497 e. The monoisotopic (exact) mass is 658 g/mol. The number of nitrogens with zero attached hydrogens (tertiary/aromatic N) is 4. The molecule has 0 saturated heterocycles. The quantitative estimate of drug-likeness (QED) is 0.0928. The van der Waals surface area contributed by atoms with Gasteiger partial charge in [-0.05, 0) is 61.4 Å². The molecule has 0 amide bonds. The topological polar surface area (TPSA) is 19.6 Å². The van der Waals surface area contributed by atoms with Crippen LogP contribution in [0.15, 0.2) is 113 Å². The first-order chi connectivity index (χ1) is 23.3. The lowest BCUT2D eigenvalue weighted by Crippen LogP contribution is -2.44. The van der Waals surface area contributed by atoms with Gasteiger partial charge in [-0.25, -0.2) is 0 Å². The number of methoxy groups -OCH3 is 1. The van der Waals surface area contributed by atoms with E-state index in [9.17, 15) is 0 Å². The third kappa shape index (κ3) is 7.56. The predicted octanol–water partition coefficient (Wildman–Crippen LogP) is 9.25. The van der Waals surface area contributed by atoms with Gasteiger partial charge in [-0.2, -0.15) is 4.57 Å². The van der Waals surface area contributed by atoms with Crippen LogP contribution in [0.4, 0.5) is 11.5 Å². The lowest BCUT2D eigenvalue weighted by Gasteiger charge is -2.31. The van der Waals surface area contributed by atoms with Gasteiger partial charge in [0.2, 0.25) is 0 Å². The molecule has 2 heterocycles. The fraction of sp³-hybridized carbons (Fsp3) is 0.310. The van der Waals surface area contributed by atoms with Gasteiger partial charge < -0.3 is 14.1 Å². The molecule has 5 nitrogen and oxygen atoms in total. The van der Waals surface area contributed by atoms with Gasteiger partial charge in [0.05, 0.1) is 51.6 Å². The van der Waals surface area contributed by atoms with Gasteiger partial charge in [0, 0.05) is 41.4 Å². The lowest BCUT2D eigenvalue weighted by molar-refractivity contribution is -0.903. The summed E-state index contributed by atoms with van der Waals surface area (Å²) in [5, 5.41) is 2.43. The Kier molecular flexibility index (Phi) is 10.4. The molecule has 1 aromatic heterocycles. The number of rotatable bonds is 13. The number of benzene rings is 4. The average molecular weight is 659 g/mol. The van der Waals surface area contributed by atoms with Gasteiger partial charge in [0.15, 0.2) is 0 Å². The zero-order chi connectivity index (χ0) is 33.7. The molecule has 0 spiro atoms. The summed E-state index contributed by atoms with van der Waals surface area (Å²) in [7, 11) is 8.66. The van der Waals surface area contributed by atoms with Gasteiger partial charge in [-0.15, -0.1) is 0 Å². The Balaban J connectivity index is 1.43. The van der Waals surface area contributed by atoms with E-state index in [4.69, 9.17) is 4.74 Å². The first-order valence-corrected chi connectivity index (χ1v) is 18.0. The van der Waals surface area contributed by atoms with Crippen LogP contribution in [0.1, 0.15) is 42.9 Å². The first kappa shape index (κ1) is 33.6. The van der Waals surface area contributed by atoms with Crippen LogP contribution in [0, 0.1) is 6.92 Å². The smallest absolute Gasteiger partial charge is 0.282 e. The van der Waals surface area contributed by atoms with E-state index in [1.165, 1.54) is 43.5 Å². The summed E-state index contributed by atoms with van der Waals surface area (Å²) in [5.74, 6) is 2.08. The molecule has 0 fully saturated rings. The number of aromatic nitrogens is 1. The van der Waals surface area contributed by atoms with Crippen molar-refractivity contribution < 1.29 is 13.8 Å². The number of ether oxygens (including phenoxy) is 1. The number of thioether (sulfide) groups is 1. The molecular weight excluding hydrogens is 609 g/mol. The molecule has 0 bridgehead atoms. The summed E-state index contributed by atoms with van der Waals surface area (Å²) < 4.78 is 9.22. The third-order valence-electron chi connectivity index (χ3n) is 9.33. The maximum atomic E-state index is 5.81. The molecule has 1 aliphatic heterocycles. The number of pyridine rings is 1. The first-order valence-electron chi connectivity index (χ1n) is 17.2. The highest BCUT2D eigenvalue weighted by molar-refractivity contribution is 8.03. The van der Waals surface area contributed by atoms with Crippen LogP contribution in [-0.2, 0) is 6.54 Å². The Morgan fingerprint density at radius 2 is 1.65 bits per heavy atom. The average Bonchev–Trinajstić information content (AvgIpc) is 3.40. The zero-order valence-corrected chi connectivity index (χ0v) is 30.3. The van der Waals surface area contributed by atoms with Crippen molar-refractivity contribution in [1.29, 1.82) is 0 Å². The van der Waals surface area contributed by atoms with Crippen LogP contribution in [0.3, 0.4) is 0 Å². The number of hydrogen-bond acceptors (Lipinski definition) is 4. The van der Waals surface area contributed by atoms with Gasteiger partial charge in [-0.1, -0.05) is 85.3 Å². The number of para-hydroxylation sites is 2. The van der Waals surface area contributed by atoms with E-state index >= 15 is 0 Å². The minimum atomic E-state index is 0.859. The lowest BCUT2D eigenvalue weighted by atomic mass is 10.1. The van der Waals surface area contributed by atoms with E-state index in [-0.39, 0.29) is 0 Å². The van der Waals surface area contributed by atoms with Crippen molar-refractivity contribution in [3.8, 4) is 11.4 Å². The standard InChI is InChI=1S/C42H50N4OS/c1-7-8-24-44(25-15-26-46(4,5)31-33-17-14-16-32(2)27-33)41-28-34(29-42-43(3)38-20-12-13-21-40(38)48-42)37-23-22-36(47-6)30-39(37)45(41)35-18-10-9-11-19-35/h9-14,16-23,27-30H,7-8,15,24-26,31H2,1-6H3/q+2. The molecule has 0 unspecified atom stereocenters. The van der Waals surface area contributed by atoms with E-state index in [1.54, 1.807) is 7.11 Å². The van der Waals surface area contributed by atoms with E-state index in [0.717, 1.165) is 66.9 Å². The highest BCUT2D eigenvalue weighted by Crippen LogP contribution is 2.46. The largest absolute Gasteiger partial charge is 0.497 e. The molecule has 5 aromatic rings. The second kappa shape index (κ2) is 14.9.